The van der Waals surface area contributed by atoms with Gasteiger partial charge in [-0.15, -0.1) is 11.3 Å². The van der Waals surface area contributed by atoms with Gasteiger partial charge in [0.25, 0.3) is 5.91 Å². The summed E-state index contributed by atoms with van der Waals surface area (Å²) in [5.74, 6) is 0.307. The van der Waals surface area contributed by atoms with Gasteiger partial charge in [0.2, 0.25) is 5.75 Å². The Balaban J connectivity index is 1.62. The maximum Gasteiger partial charge on any atom is 0.271 e. The van der Waals surface area contributed by atoms with Gasteiger partial charge in [0.15, 0.2) is 16.5 Å². The molecule has 0 saturated carbocycles. The summed E-state index contributed by atoms with van der Waals surface area (Å²) >= 11 is 1.46. The third kappa shape index (κ3) is 4.00. The minimum Gasteiger partial charge on any atom is -0.493 e. The van der Waals surface area contributed by atoms with Crippen molar-refractivity contribution in [3.8, 4) is 28.5 Å². The summed E-state index contributed by atoms with van der Waals surface area (Å²) in [4.78, 5) is 18.0. The van der Waals surface area contributed by atoms with Gasteiger partial charge >= 0.3 is 0 Å². The topological polar surface area (TPSA) is 86.5 Å². The van der Waals surface area contributed by atoms with E-state index in [-0.39, 0.29) is 11.4 Å². The predicted octanol–water partition coefficient (Wildman–Crippen LogP) is 3.99. The molecule has 10 heteroatoms. The van der Waals surface area contributed by atoms with E-state index in [9.17, 15) is 9.18 Å². The van der Waals surface area contributed by atoms with Crippen molar-refractivity contribution >= 4 is 28.4 Å². The third-order valence-electron chi connectivity index (χ3n) is 4.70. The summed E-state index contributed by atoms with van der Waals surface area (Å²) in [7, 11) is 4.43. The molecule has 1 N–H and O–H groups in total. The van der Waals surface area contributed by atoms with Gasteiger partial charge < -0.3 is 14.2 Å². The molecule has 0 bridgehead atoms. The predicted molar refractivity (Wildman–Crippen MR) is 120 cm³/mol. The van der Waals surface area contributed by atoms with E-state index < -0.39 is 5.91 Å². The lowest BCUT2D eigenvalue weighted by atomic mass is 10.1. The van der Waals surface area contributed by atoms with E-state index in [0.29, 0.717) is 28.6 Å². The molecule has 32 heavy (non-hydrogen) atoms. The number of halogens is 1. The van der Waals surface area contributed by atoms with Crippen LogP contribution in [-0.2, 0) is 0 Å². The number of methoxy groups -OCH3 is 3. The molecule has 8 nitrogen and oxygen atoms in total. The minimum atomic E-state index is -0.463. The fourth-order valence-electron chi connectivity index (χ4n) is 3.18. The van der Waals surface area contributed by atoms with Crippen molar-refractivity contribution in [2.45, 2.75) is 0 Å². The molecule has 2 aromatic heterocycles. The summed E-state index contributed by atoms with van der Waals surface area (Å²) in [6.07, 6.45) is 3.35. The van der Waals surface area contributed by atoms with E-state index in [2.05, 4.69) is 15.5 Å². The lowest BCUT2D eigenvalue weighted by Crippen LogP contribution is -2.18. The Morgan fingerprint density at radius 1 is 1.12 bits per heavy atom. The van der Waals surface area contributed by atoms with E-state index in [4.69, 9.17) is 14.2 Å². The summed E-state index contributed by atoms with van der Waals surface area (Å²) < 4.78 is 31.0. The van der Waals surface area contributed by atoms with Gasteiger partial charge in [0.1, 0.15) is 5.82 Å². The Labute approximate surface area is 186 Å². The number of aromatic nitrogens is 2. The van der Waals surface area contributed by atoms with Crippen molar-refractivity contribution < 1.29 is 23.4 Å². The molecule has 0 aliphatic carbocycles. The first-order valence-corrected chi connectivity index (χ1v) is 10.3. The molecule has 0 unspecified atom stereocenters. The molecule has 0 fully saturated rings. The minimum absolute atomic E-state index is 0.282. The van der Waals surface area contributed by atoms with Gasteiger partial charge in [-0.25, -0.2) is 14.8 Å². The molecular weight excluding hydrogens is 435 g/mol. The third-order valence-corrected chi connectivity index (χ3v) is 5.45. The molecule has 4 aromatic rings. The van der Waals surface area contributed by atoms with Crippen molar-refractivity contribution in [3.05, 3.63) is 65.0 Å². The Bertz CT molecular complexity index is 1270. The number of hydrogen-bond acceptors (Lipinski definition) is 7. The number of rotatable bonds is 7. The normalized spacial score (nSPS) is 11.1. The molecule has 0 aliphatic heterocycles. The van der Waals surface area contributed by atoms with Gasteiger partial charge in [-0.05, 0) is 36.4 Å². The zero-order valence-corrected chi connectivity index (χ0v) is 18.3. The second kappa shape index (κ2) is 9.06. The van der Waals surface area contributed by atoms with E-state index in [1.165, 1.54) is 63.1 Å². The van der Waals surface area contributed by atoms with Crippen molar-refractivity contribution in [2.75, 3.05) is 21.3 Å². The number of carbonyl (C=O) groups is 1. The largest absolute Gasteiger partial charge is 0.493 e. The van der Waals surface area contributed by atoms with E-state index in [0.717, 1.165) is 10.5 Å². The highest BCUT2D eigenvalue weighted by Gasteiger charge is 2.17. The highest BCUT2D eigenvalue weighted by atomic mass is 32.1. The van der Waals surface area contributed by atoms with Crippen LogP contribution in [0.15, 0.2) is 53.1 Å². The zero-order chi connectivity index (χ0) is 22.7. The zero-order valence-electron chi connectivity index (χ0n) is 17.5. The molecule has 0 aliphatic rings. The number of nitrogens with one attached hydrogen (secondary N) is 1. The second-order valence-electron chi connectivity index (χ2n) is 6.52. The second-order valence-corrected chi connectivity index (χ2v) is 7.39. The average molecular weight is 454 g/mol. The van der Waals surface area contributed by atoms with E-state index in [1.54, 1.807) is 12.1 Å². The van der Waals surface area contributed by atoms with Gasteiger partial charge in [-0.3, -0.25) is 9.20 Å². The number of imidazole rings is 1. The summed E-state index contributed by atoms with van der Waals surface area (Å²) in [5, 5.41) is 6.00. The number of hydrazone groups is 1. The number of carbonyl (C=O) groups excluding carboxylic acids is 1. The molecular formula is C22H19FN4O4S. The monoisotopic (exact) mass is 454 g/mol. The quantitative estimate of drug-likeness (QED) is 0.337. The number of amides is 1. The molecule has 2 heterocycles. The number of nitrogens with zero attached hydrogens (tertiary/aromatic N) is 3. The van der Waals surface area contributed by atoms with Gasteiger partial charge in [0.05, 0.1) is 38.9 Å². The number of ether oxygens (including phenoxy) is 3. The lowest BCUT2D eigenvalue weighted by Gasteiger charge is -2.13. The van der Waals surface area contributed by atoms with Crippen LogP contribution in [0.25, 0.3) is 16.2 Å². The van der Waals surface area contributed by atoms with Crippen LogP contribution in [0.2, 0.25) is 0 Å². The molecule has 164 valence electrons. The Morgan fingerprint density at radius 3 is 2.44 bits per heavy atom. The lowest BCUT2D eigenvalue weighted by molar-refractivity contribution is 0.0954. The summed E-state index contributed by atoms with van der Waals surface area (Å²) in [6.45, 7) is 0. The fourth-order valence-corrected chi connectivity index (χ4v) is 3.90. The SMILES string of the molecule is COc1cc(C(=O)N/N=C/c2c(-c3ccc(F)cc3)nc3sccn23)cc(OC)c1OC. The van der Waals surface area contributed by atoms with Crippen LogP contribution in [0.1, 0.15) is 16.1 Å². The maximum absolute atomic E-state index is 13.3. The van der Waals surface area contributed by atoms with Gasteiger partial charge in [0, 0.05) is 22.7 Å². The first kappa shape index (κ1) is 21.3. The summed E-state index contributed by atoms with van der Waals surface area (Å²) in [6, 6.07) is 9.10. The van der Waals surface area contributed by atoms with Crippen LogP contribution in [0.5, 0.6) is 17.2 Å². The maximum atomic E-state index is 13.3. The smallest absolute Gasteiger partial charge is 0.271 e. The van der Waals surface area contributed by atoms with Crippen molar-refractivity contribution in [1.29, 1.82) is 0 Å². The Kier molecular flexibility index (Phi) is 6.04. The highest BCUT2D eigenvalue weighted by Crippen LogP contribution is 2.38. The van der Waals surface area contributed by atoms with Crippen LogP contribution in [-0.4, -0.2) is 42.8 Å². The average Bonchev–Trinajstić information content (AvgIpc) is 3.40. The van der Waals surface area contributed by atoms with Crippen LogP contribution in [0, 0.1) is 5.82 Å². The molecule has 0 radical (unpaired) electrons. The first-order valence-electron chi connectivity index (χ1n) is 9.40. The highest BCUT2D eigenvalue weighted by molar-refractivity contribution is 7.15. The van der Waals surface area contributed by atoms with Crippen molar-refractivity contribution in [2.24, 2.45) is 5.10 Å². The Morgan fingerprint density at radius 2 is 1.81 bits per heavy atom. The molecule has 0 spiro atoms. The van der Waals surface area contributed by atoms with E-state index >= 15 is 0 Å². The molecule has 1 amide bonds. The van der Waals surface area contributed by atoms with Crippen LogP contribution < -0.4 is 19.6 Å². The first-order chi connectivity index (χ1) is 15.5. The molecule has 0 atom stereocenters. The molecule has 4 rings (SSSR count). The molecule has 0 saturated heterocycles. The van der Waals surface area contributed by atoms with Gasteiger partial charge in [-0.2, -0.15) is 5.10 Å². The van der Waals surface area contributed by atoms with Crippen LogP contribution >= 0.6 is 11.3 Å². The number of hydrogen-bond donors (Lipinski definition) is 1. The number of thiazole rings is 1. The van der Waals surface area contributed by atoms with Crippen molar-refractivity contribution in [3.63, 3.8) is 0 Å². The van der Waals surface area contributed by atoms with E-state index in [1.807, 2.05) is 16.0 Å². The number of benzene rings is 2. The number of fused-ring (bicyclic) bond motifs is 1. The summed E-state index contributed by atoms with van der Waals surface area (Å²) in [5.41, 5.74) is 4.80. The Hall–Kier alpha value is -3.92. The molecule has 2 aromatic carbocycles. The van der Waals surface area contributed by atoms with Gasteiger partial charge in [-0.1, -0.05) is 0 Å². The van der Waals surface area contributed by atoms with Crippen LogP contribution in [0.4, 0.5) is 4.39 Å². The standard InChI is InChI=1S/C22H19FN4O4S/c1-29-17-10-14(11-18(30-2)20(17)31-3)21(28)26-24-12-16-19(13-4-6-15(23)7-5-13)25-22-27(16)8-9-32-22/h4-12H,1-3H3,(H,26,28)/b24-12+. The van der Waals surface area contributed by atoms with Crippen molar-refractivity contribution in [1.82, 2.24) is 14.8 Å². The van der Waals surface area contributed by atoms with Crippen LogP contribution in [0.3, 0.4) is 0 Å². The fraction of sp³-hybridized carbons (Fsp3) is 0.136.